The molecule has 0 saturated carbocycles. The maximum atomic E-state index is 4.47. The van der Waals surface area contributed by atoms with E-state index in [1.165, 1.54) is 13.0 Å². The molecule has 21 heavy (non-hydrogen) atoms. The fourth-order valence-electron chi connectivity index (χ4n) is 3.22. The van der Waals surface area contributed by atoms with Crippen molar-refractivity contribution in [1.82, 2.24) is 29.9 Å². The van der Waals surface area contributed by atoms with Crippen molar-refractivity contribution < 1.29 is 0 Å². The van der Waals surface area contributed by atoms with E-state index in [-0.39, 0.29) is 0 Å². The van der Waals surface area contributed by atoms with Gasteiger partial charge in [-0.25, -0.2) is 9.67 Å². The van der Waals surface area contributed by atoms with E-state index in [9.17, 15) is 0 Å². The van der Waals surface area contributed by atoms with Crippen molar-refractivity contribution in [1.29, 1.82) is 0 Å². The largest absolute Gasteiger partial charge is 0.315 e. The van der Waals surface area contributed by atoms with Crippen molar-refractivity contribution in [2.75, 3.05) is 40.8 Å². The van der Waals surface area contributed by atoms with E-state index < -0.39 is 0 Å². The summed E-state index contributed by atoms with van der Waals surface area (Å²) in [7, 11) is 6.51. The number of aromatic nitrogens is 3. The summed E-state index contributed by atoms with van der Waals surface area (Å²) in [6.07, 6.45) is 3.82. The van der Waals surface area contributed by atoms with E-state index in [4.69, 9.17) is 0 Å². The highest BCUT2D eigenvalue weighted by molar-refractivity contribution is 4.97. The Morgan fingerprint density at radius 1 is 1.33 bits per heavy atom. The normalized spacial score (nSPS) is 23.4. The first kappa shape index (κ1) is 16.4. The molecule has 1 aromatic rings. The van der Waals surface area contributed by atoms with Crippen molar-refractivity contribution >= 4 is 0 Å². The maximum Gasteiger partial charge on any atom is 0.138 e. The molecule has 6 nitrogen and oxygen atoms in total. The summed E-state index contributed by atoms with van der Waals surface area (Å²) in [4.78, 5) is 9.39. The van der Waals surface area contributed by atoms with Gasteiger partial charge in [0.1, 0.15) is 12.2 Å². The molecule has 0 bridgehead atoms. The summed E-state index contributed by atoms with van der Waals surface area (Å²) < 4.78 is 2.03. The predicted molar refractivity (Wildman–Crippen MR) is 85.5 cm³/mol. The van der Waals surface area contributed by atoms with Crippen LogP contribution >= 0.6 is 0 Å². The van der Waals surface area contributed by atoms with E-state index in [1.54, 1.807) is 6.33 Å². The van der Waals surface area contributed by atoms with Crippen molar-refractivity contribution in [3.05, 3.63) is 12.2 Å². The van der Waals surface area contributed by atoms with E-state index in [1.807, 2.05) is 4.68 Å². The first-order valence-electron chi connectivity index (χ1n) is 7.97. The molecule has 1 saturated heterocycles. The van der Waals surface area contributed by atoms with Gasteiger partial charge in [-0.2, -0.15) is 5.10 Å². The lowest BCUT2D eigenvalue weighted by molar-refractivity contribution is 0.179. The number of likely N-dealkylation sites (N-methyl/N-ethyl adjacent to an activating group) is 3. The summed E-state index contributed by atoms with van der Waals surface area (Å²) in [6, 6.07) is 1.24. The van der Waals surface area contributed by atoms with Crippen LogP contribution in [0.15, 0.2) is 6.33 Å². The lowest BCUT2D eigenvalue weighted by Gasteiger charge is -2.34. The summed E-state index contributed by atoms with van der Waals surface area (Å²) in [5.41, 5.74) is 0. The van der Waals surface area contributed by atoms with Crippen LogP contribution in [0.4, 0.5) is 0 Å². The second-order valence-corrected chi connectivity index (χ2v) is 6.48. The average molecular weight is 294 g/mol. The highest BCUT2D eigenvalue weighted by atomic mass is 15.3. The fourth-order valence-corrected chi connectivity index (χ4v) is 3.22. The minimum absolute atomic E-state index is 0.356. The van der Waals surface area contributed by atoms with Gasteiger partial charge in [0.05, 0.1) is 0 Å². The van der Waals surface area contributed by atoms with Gasteiger partial charge in [0.15, 0.2) is 0 Å². The molecular weight excluding hydrogens is 264 g/mol. The van der Waals surface area contributed by atoms with E-state index in [2.05, 4.69) is 60.2 Å². The zero-order valence-electron chi connectivity index (χ0n) is 14.1. The van der Waals surface area contributed by atoms with E-state index in [0.717, 1.165) is 25.3 Å². The molecule has 0 radical (unpaired) electrons. The summed E-state index contributed by atoms with van der Waals surface area (Å²) >= 11 is 0. The number of rotatable bonds is 5. The smallest absolute Gasteiger partial charge is 0.138 e. The molecule has 120 valence electrons. The van der Waals surface area contributed by atoms with Gasteiger partial charge in [-0.1, -0.05) is 0 Å². The predicted octanol–water partition coefficient (Wildman–Crippen LogP) is 0.625. The maximum absolute atomic E-state index is 4.47. The Morgan fingerprint density at radius 3 is 2.76 bits per heavy atom. The molecular formula is C15H30N6. The van der Waals surface area contributed by atoms with Crippen molar-refractivity contribution in [3.63, 3.8) is 0 Å². The molecule has 0 spiro atoms. The van der Waals surface area contributed by atoms with Crippen molar-refractivity contribution in [2.24, 2.45) is 0 Å². The molecule has 0 amide bonds. The van der Waals surface area contributed by atoms with Gasteiger partial charge in [-0.3, -0.25) is 0 Å². The SMILES string of the molecule is CNC(Cc1ncnn1C(C)C)C1CN(C)CCCN1C. The first-order chi connectivity index (χ1) is 10.0. The monoisotopic (exact) mass is 294 g/mol. The van der Waals surface area contributed by atoms with Gasteiger partial charge >= 0.3 is 0 Å². The van der Waals surface area contributed by atoms with E-state index in [0.29, 0.717) is 18.1 Å². The van der Waals surface area contributed by atoms with Crippen LogP contribution in [-0.2, 0) is 6.42 Å². The number of hydrogen-bond acceptors (Lipinski definition) is 5. The van der Waals surface area contributed by atoms with Gasteiger partial charge in [0, 0.05) is 31.1 Å². The number of hydrogen-bond donors (Lipinski definition) is 1. The Hall–Kier alpha value is -0.980. The van der Waals surface area contributed by atoms with Crippen LogP contribution in [0.25, 0.3) is 0 Å². The van der Waals surface area contributed by atoms with E-state index >= 15 is 0 Å². The molecule has 1 aliphatic heterocycles. The second kappa shape index (κ2) is 7.33. The van der Waals surface area contributed by atoms with Gasteiger partial charge in [0.2, 0.25) is 0 Å². The molecule has 2 unspecified atom stereocenters. The minimum Gasteiger partial charge on any atom is -0.315 e. The van der Waals surface area contributed by atoms with Gasteiger partial charge in [-0.15, -0.1) is 0 Å². The lowest BCUT2D eigenvalue weighted by Crippen LogP contribution is -2.52. The molecule has 1 N–H and O–H groups in total. The van der Waals surface area contributed by atoms with Crippen molar-refractivity contribution in [3.8, 4) is 0 Å². The highest BCUT2D eigenvalue weighted by Crippen LogP contribution is 2.15. The summed E-state index contributed by atoms with van der Waals surface area (Å²) in [6.45, 7) is 7.73. The van der Waals surface area contributed by atoms with Crippen LogP contribution < -0.4 is 5.32 Å². The van der Waals surface area contributed by atoms with Gasteiger partial charge < -0.3 is 15.1 Å². The zero-order valence-corrected chi connectivity index (χ0v) is 14.1. The lowest BCUT2D eigenvalue weighted by atomic mass is 10.0. The Balaban J connectivity index is 2.12. The average Bonchev–Trinajstić information content (AvgIpc) is 2.84. The highest BCUT2D eigenvalue weighted by Gasteiger charge is 2.29. The molecule has 2 rings (SSSR count). The molecule has 1 fully saturated rings. The molecule has 1 aliphatic rings. The fraction of sp³-hybridized carbons (Fsp3) is 0.867. The molecule has 2 atom stereocenters. The number of nitrogens with one attached hydrogen (secondary N) is 1. The van der Waals surface area contributed by atoms with Crippen LogP contribution in [0.3, 0.4) is 0 Å². The second-order valence-electron chi connectivity index (χ2n) is 6.48. The Bertz CT molecular complexity index is 430. The summed E-state index contributed by atoms with van der Waals surface area (Å²) in [5.74, 6) is 1.07. The first-order valence-corrected chi connectivity index (χ1v) is 7.97. The molecule has 2 heterocycles. The zero-order chi connectivity index (χ0) is 15.4. The minimum atomic E-state index is 0.356. The molecule has 6 heteroatoms. The quantitative estimate of drug-likeness (QED) is 0.863. The molecule has 0 aliphatic carbocycles. The standard InChI is InChI=1S/C15H30N6/c1-12(2)21-15(17-11-18-21)9-13(16-3)14-10-19(4)7-6-8-20(14)5/h11-14,16H,6-10H2,1-5H3. The van der Waals surface area contributed by atoms with Crippen molar-refractivity contribution in [2.45, 2.75) is 44.8 Å². The Morgan fingerprint density at radius 2 is 2.10 bits per heavy atom. The molecule has 0 aromatic carbocycles. The number of nitrogens with zero attached hydrogens (tertiary/aromatic N) is 5. The Labute approximate surface area is 128 Å². The van der Waals surface area contributed by atoms with Crippen LogP contribution in [0.2, 0.25) is 0 Å². The van der Waals surface area contributed by atoms with Crippen LogP contribution in [0.5, 0.6) is 0 Å². The van der Waals surface area contributed by atoms with Crippen LogP contribution in [0, 0.1) is 0 Å². The van der Waals surface area contributed by atoms with Crippen LogP contribution in [0.1, 0.15) is 32.1 Å². The third kappa shape index (κ3) is 4.02. The third-order valence-electron chi connectivity index (χ3n) is 4.49. The topological polar surface area (TPSA) is 49.2 Å². The Kier molecular flexibility index (Phi) is 5.72. The van der Waals surface area contributed by atoms with Gasteiger partial charge in [-0.05, 0) is 54.5 Å². The molecule has 1 aromatic heterocycles. The summed E-state index contributed by atoms with van der Waals surface area (Å²) in [5, 5.41) is 7.86. The van der Waals surface area contributed by atoms with Crippen LogP contribution in [-0.4, -0.2) is 77.4 Å². The third-order valence-corrected chi connectivity index (χ3v) is 4.49. The van der Waals surface area contributed by atoms with Gasteiger partial charge in [0.25, 0.3) is 0 Å².